The summed E-state index contributed by atoms with van der Waals surface area (Å²) in [7, 11) is 0. The first-order valence-electron chi connectivity index (χ1n) is 5.89. The maximum Gasteiger partial charge on any atom is 0.335 e. The Morgan fingerprint density at radius 1 is 1.29 bits per heavy atom. The van der Waals surface area contributed by atoms with Crippen molar-refractivity contribution in [3.05, 3.63) is 52.8 Å². The van der Waals surface area contributed by atoms with Crippen LogP contribution in [0, 0.1) is 5.82 Å². The fourth-order valence-electron chi connectivity index (χ4n) is 1.82. The third-order valence-electron chi connectivity index (χ3n) is 2.81. The lowest BCUT2D eigenvalue weighted by Crippen LogP contribution is -1.94. The molecule has 106 valence electrons. The van der Waals surface area contributed by atoms with E-state index in [1.54, 1.807) is 6.07 Å². The van der Waals surface area contributed by atoms with Crippen LogP contribution >= 0.6 is 11.6 Å². The van der Waals surface area contributed by atoms with Gasteiger partial charge in [-0.1, -0.05) is 11.6 Å². The quantitative estimate of drug-likeness (QED) is 0.763. The molecule has 5 nitrogen and oxygen atoms in total. The van der Waals surface area contributed by atoms with Crippen molar-refractivity contribution < 1.29 is 18.7 Å². The van der Waals surface area contributed by atoms with Crippen LogP contribution in [0.5, 0.6) is 0 Å². The summed E-state index contributed by atoms with van der Waals surface area (Å²) >= 11 is 5.90. The number of anilines is 2. The van der Waals surface area contributed by atoms with Crippen molar-refractivity contribution in [1.29, 1.82) is 0 Å². The number of rotatable bonds is 3. The van der Waals surface area contributed by atoms with E-state index < -0.39 is 11.8 Å². The highest BCUT2D eigenvalue weighted by Gasteiger charge is 2.11. The molecule has 0 fully saturated rings. The van der Waals surface area contributed by atoms with Crippen molar-refractivity contribution in [3.63, 3.8) is 0 Å². The summed E-state index contributed by atoms with van der Waals surface area (Å²) < 4.78 is 18.4. The molecule has 0 spiro atoms. The summed E-state index contributed by atoms with van der Waals surface area (Å²) in [6.07, 6.45) is 0. The molecular formula is C14H8ClFN2O3. The fraction of sp³-hybridized carbons (Fsp3) is 0. The summed E-state index contributed by atoms with van der Waals surface area (Å²) in [5, 5.41) is 11.9. The van der Waals surface area contributed by atoms with Gasteiger partial charge in [0.15, 0.2) is 5.58 Å². The number of halogens is 2. The monoisotopic (exact) mass is 306 g/mol. The SMILES string of the molecule is O=C(O)c1ccc2nc(Nc3ccc(F)cc3Cl)oc2c1. The van der Waals surface area contributed by atoms with Crippen LogP contribution < -0.4 is 5.32 Å². The Bertz CT molecular complexity index is 847. The Kier molecular flexibility index (Phi) is 3.23. The minimum absolute atomic E-state index is 0.102. The van der Waals surface area contributed by atoms with Crippen LogP contribution in [-0.4, -0.2) is 16.1 Å². The molecule has 0 radical (unpaired) electrons. The molecule has 2 N–H and O–H groups in total. The number of aromatic nitrogens is 1. The lowest BCUT2D eigenvalue weighted by molar-refractivity contribution is 0.0697. The third kappa shape index (κ3) is 2.66. The van der Waals surface area contributed by atoms with Crippen LogP contribution in [0.25, 0.3) is 11.1 Å². The summed E-state index contributed by atoms with van der Waals surface area (Å²) in [6, 6.07) is 8.36. The first kappa shape index (κ1) is 13.4. The second-order valence-corrected chi connectivity index (χ2v) is 4.66. The number of hydrogen-bond donors (Lipinski definition) is 2. The predicted molar refractivity (Wildman–Crippen MR) is 75.7 cm³/mol. The van der Waals surface area contributed by atoms with Crippen molar-refractivity contribution in [1.82, 2.24) is 4.98 Å². The number of carboxylic acid groups (broad SMARTS) is 1. The van der Waals surface area contributed by atoms with Gasteiger partial charge in [-0.15, -0.1) is 0 Å². The smallest absolute Gasteiger partial charge is 0.335 e. The van der Waals surface area contributed by atoms with Gasteiger partial charge in [-0.3, -0.25) is 0 Å². The summed E-state index contributed by atoms with van der Waals surface area (Å²) in [4.78, 5) is 15.0. The lowest BCUT2D eigenvalue weighted by Gasteiger charge is -2.03. The van der Waals surface area contributed by atoms with Crippen LogP contribution in [0.15, 0.2) is 40.8 Å². The van der Waals surface area contributed by atoms with E-state index in [-0.39, 0.29) is 16.6 Å². The molecule has 0 unspecified atom stereocenters. The van der Waals surface area contributed by atoms with E-state index in [1.807, 2.05) is 0 Å². The number of carboxylic acids is 1. The van der Waals surface area contributed by atoms with Crippen LogP contribution in [-0.2, 0) is 0 Å². The number of nitrogens with one attached hydrogen (secondary N) is 1. The number of aromatic carboxylic acids is 1. The Morgan fingerprint density at radius 3 is 2.81 bits per heavy atom. The molecule has 3 aromatic rings. The molecule has 1 aromatic heterocycles. The van der Waals surface area contributed by atoms with Crippen LogP contribution in [0.3, 0.4) is 0 Å². The van der Waals surface area contributed by atoms with E-state index >= 15 is 0 Å². The van der Waals surface area contributed by atoms with Crippen LogP contribution in [0.2, 0.25) is 5.02 Å². The molecular weight excluding hydrogens is 299 g/mol. The molecule has 0 aliphatic rings. The van der Waals surface area contributed by atoms with Crippen molar-refractivity contribution in [2.75, 3.05) is 5.32 Å². The summed E-state index contributed by atoms with van der Waals surface area (Å²) in [5.74, 6) is -1.50. The van der Waals surface area contributed by atoms with Gasteiger partial charge in [0.1, 0.15) is 11.3 Å². The molecule has 0 saturated carbocycles. The standard InChI is InChI=1S/C14H8ClFN2O3/c15-9-6-8(16)2-4-10(9)17-14-18-11-3-1-7(13(19)20)5-12(11)21-14/h1-6H,(H,17,18)(H,19,20). The molecule has 0 amide bonds. The largest absolute Gasteiger partial charge is 0.478 e. The van der Waals surface area contributed by atoms with E-state index in [2.05, 4.69) is 10.3 Å². The summed E-state index contributed by atoms with van der Waals surface area (Å²) in [6.45, 7) is 0. The van der Waals surface area contributed by atoms with Gasteiger partial charge >= 0.3 is 5.97 Å². The highest BCUT2D eigenvalue weighted by Crippen LogP contribution is 2.28. The van der Waals surface area contributed by atoms with E-state index in [4.69, 9.17) is 21.1 Å². The van der Waals surface area contributed by atoms with Crippen LogP contribution in [0.1, 0.15) is 10.4 Å². The van der Waals surface area contributed by atoms with Gasteiger partial charge in [0, 0.05) is 0 Å². The first-order chi connectivity index (χ1) is 10.0. The third-order valence-corrected chi connectivity index (χ3v) is 3.12. The van der Waals surface area contributed by atoms with Crippen molar-refractivity contribution in [3.8, 4) is 0 Å². The van der Waals surface area contributed by atoms with Gasteiger partial charge in [-0.2, -0.15) is 4.98 Å². The van der Waals surface area contributed by atoms with Crippen molar-refractivity contribution in [2.45, 2.75) is 0 Å². The maximum atomic E-state index is 13.0. The number of hydrogen-bond acceptors (Lipinski definition) is 4. The number of oxazole rings is 1. The Morgan fingerprint density at radius 2 is 2.10 bits per heavy atom. The van der Waals surface area contributed by atoms with E-state index in [0.29, 0.717) is 16.8 Å². The van der Waals surface area contributed by atoms with E-state index in [0.717, 1.165) is 6.07 Å². The van der Waals surface area contributed by atoms with E-state index in [1.165, 1.54) is 24.3 Å². The minimum Gasteiger partial charge on any atom is -0.478 e. The number of benzene rings is 2. The molecule has 21 heavy (non-hydrogen) atoms. The average molecular weight is 307 g/mol. The molecule has 0 bridgehead atoms. The molecule has 0 atom stereocenters. The molecule has 2 aromatic carbocycles. The van der Waals surface area contributed by atoms with Crippen molar-refractivity contribution in [2.24, 2.45) is 0 Å². The Balaban J connectivity index is 1.95. The highest BCUT2D eigenvalue weighted by atomic mass is 35.5. The van der Waals surface area contributed by atoms with E-state index in [9.17, 15) is 9.18 Å². The van der Waals surface area contributed by atoms with Gasteiger partial charge in [-0.05, 0) is 36.4 Å². The van der Waals surface area contributed by atoms with Gasteiger partial charge in [0.25, 0.3) is 6.01 Å². The first-order valence-corrected chi connectivity index (χ1v) is 6.27. The van der Waals surface area contributed by atoms with Gasteiger partial charge in [0.05, 0.1) is 16.3 Å². The second kappa shape index (κ2) is 5.06. The lowest BCUT2D eigenvalue weighted by atomic mass is 10.2. The number of carbonyl (C=O) groups is 1. The molecule has 0 saturated heterocycles. The highest BCUT2D eigenvalue weighted by molar-refractivity contribution is 6.33. The molecule has 1 heterocycles. The second-order valence-electron chi connectivity index (χ2n) is 4.26. The normalized spacial score (nSPS) is 10.8. The maximum absolute atomic E-state index is 13.0. The Hall–Kier alpha value is -2.60. The van der Waals surface area contributed by atoms with Gasteiger partial charge in [-0.25, -0.2) is 9.18 Å². The molecule has 0 aliphatic carbocycles. The zero-order chi connectivity index (χ0) is 15.0. The zero-order valence-electron chi connectivity index (χ0n) is 10.4. The topological polar surface area (TPSA) is 75.4 Å². The number of fused-ring (bicyclic) bond motifs is 1. The summed E-state index contributed by atoms with van der Waals surface area (Å²) in [5.41, 5.74) is 1.37. The molecule has 3 rings (SSSR count). The minimum atomic E-state index is -1.05. The molecule has 7 heteroatoms. The van der Waals surface area contributed by atoms with Gasteiger partial charge in [0.2, 0.25) is 0 Å². The zero-order valence-corrected chi connectivity index (χ0v) is 11.2. The fourth-order valence-corrected chi connectivity index (χ4v) is 2.03. The Labute approximate surface area is 123 Å². The van der Waals surface area contributed by atoms with Gasteiger partial charge < -0.3 is 14.8 Å². The van der Waals surface area contributed by atoms with Crippen LogP contribution in [0.4, 0.5) is 16.1 Å². The molecule has 0 aliphatic heterocycles. The predicted octanol–water partition coefficient (Wildman–Crippen LogP) is 4.06. The number of nitrogens with zero attached hydrogens (tertiary/aromatic N) is 1. The van der Waals surface area contributed by atoms with Crippen molar-refractivity contribution >= 4 is 40.4 Å². The average Bonchev–Trinajstić information content (AvgIpc) is 2.83.